The fourth-order valence-corrected chi connectivity index (χ4v) is 3.21. The van der Waals surface area contributed by atoms with E-state index >= 15 is 0 Å². The molecule has 0 aromatic heterocycles. The molecule has 0 saturated heterocycles. The Morgan fingerprint density at radius 3 is 2.56 bits per heavy atom. The van der Waals surface area contributed by atoms with Gasteiger partial charge in [-0.25, -0.2) is 0 Å². The molecule has 0 radical (unpaired) electrons. The lowest BCUT2D eigenvalue weighted by molar-refractivity contribution is 0.573. The molecule has 0 N–H and O–H groups in total. The van der Waals surface area contributed by atoms with Crippen LogP contribution >= 0.6 is 0 Å². The van der Waals surface area contributed by atoms with Crippen molar-refractivity contribution in [3.05, 3.63) is 18.4 Å². The molecule has 4 aliphatic rings. The van der Waals surface area contributed by atoms with Crippen molar-refractivity contribution >= 4 is 0 Å². The van der Waals surface area contributed by atoms with E-state index in [9.17, 15) is 0 Å². The van der Waals surface area contributed by atoms with Crippen molar-refractivity contribution in [1.82, 2.24) is 0 Å². The van der Waals surface area contributed by atoms with Gasteiger partial charge in [0.1, 0.15) is 0 Å². The van der Waals surface area contributed by atoms with Crippen LogP contribution < -0.4 is 0 Å². The molecule has 0 heterocycles. The van der Waals surface area contributed by atoms with Crippen molar-refractivity contribution in [3.63, 3.8) is 0 Å². The molecule has 0 nitrogen and oxygen atoms in total. The summed E-state index contributed by atoms with van der Waals surface area (Å²) in [6.07, 6.45) is 5.22. The Kier molecular flexibility index (Phi) is 0.451. The summed E-state index contributed by atoms with van der Waals surface area (Å²) in [5.74, 6) is 3.26. The van der Waals surface area contributed by atoms with Crippen molar-refractivity contribution in [2.75, 3.05) is 0 Å². The molecule has 46 valence electrons. The Morgan fingerprint density at radius 1 is 1.44 bits per heavy atom. The van der Waals surface area contributed by atoms with Crippen LogP contribution in [0.25, 0.3) is 0 Å². The Morgan fingerprint density at radius 2 is 2.11 bits per heavy atom. The van der Waals surface area contributed by atoms with Gasteiger partial charge in [0.05, 0.1) is 0 Å². The second-order valence-corrected chi connectivity index (χ2v) is 3.66. The SMILES string of the molecule is C=C=CC12C3[C@H]1CC[C@@H]32. The van der Waals surface area contributed by atoms with Crippen LogP contribution in [0.3, 0.4) is 0 Å². The second-order valence-electron chi connectivity index (χ2n) is 3.66. The highest BCUT2D eigenvalue weighted by atomic mass is 14.9. The molecule has 4 rings (SSSR count). The van der Waals surface area contributed by atoms with Gasteiger partial charge in [-0.15, -0.1) is 5.73 Å². The number of rotatable bonds is 1. The maximum Gasteiger partial charge on any atom is 0.00540 e. The lowest BCUT2D eigenvalue weighted by Gasteiger charge is -1.96. The molecular weight excluding hydrogens is 108 g/mol. The van der Waals surface area contributed by atoms with Gasteiger partial charge in [0.2, 0.25) is 0 Å². The minimum atomic E-state index is 0.696. The van der Waals surface area contributed by atoms with Crippen LogP contribution in [-0.4, -0.2) is 0 Å². The first-order valence-electron chi connectivity index (χ1n) is 3.78. The van der Waals surface area contributed by atoms with Gasteiger partial charge in [0.15, 0.2) is 0 Å². The fraction of sp³-hybridized carbons (Fsp3) is 0.667. The van der Waals surface area contributed by atoms with Crippen molar-refractivity contribution in [2.45, 2.75) is 12.8 Å². The minimum absolute atomic E-state index is 0.696. The number of fused-ring (bicyclic) bond motifs is 1. The summed E-state index contributed by atoms with van der Waals surface area (Å²) in [4.78, 5) is 0. The van der Waals surface area contributed by atoms with E-state index in [1.165, 1.54) is 12.8 Å². The summed E-state index contributed by atoms with van der Waals surface area (Å²) in [5, 5.41) is 0. The van der Waals surface area contributed by atoms with Gasteiger partial charge < -0.3 is 0 Å². The molecule has 0 aromatic carbocycles. The Labute approximate surface area is 55.3 Å². The predicted molar refractivity (Wildman–Crippen MR) is 35.8 cm³/mol. The summed E-state index contributed by atoms with van der Waals surface area (Å²) < 4.78 is 0. The van der Waals surface area contributed by atoms with Crippen molar-refractivity contribution < 1.29 is 0 Å². The highest BCUT2D eigenvalue weighted by molar-refractivity contribution is 5.41. The smallest absolute Gasteiger partial charge is 0.00540 e. The maximum absolute atomic E-state index is 3.63. The van der Waals surface area contributed by atoms with Crippen LogP contribution in [0.5, 0.6) is 0 Å². The van der Waals surface area contributed by atoms with E-state index in [0.717, 1.165) is 17.8 Å². The molecular formula is C9H10. The molecule has 0 aromatic rings. The third-order valence-corrected chi connectivity index (χ3v) is 3.65. The minimum Gasteiger partial charge on any atom is -0.132 e. The maximum atomic E-state index is 3.63. The first-order chi connectivity index (χ1) is 4.41. The van der Waals surface area contributed by atoms with Crippen molar-refractivity contribution in [2.24, 2.45) is 23.2 Å². The van der Waals surface area contributed by atoms with Crippen molar-refractivity contribution in [1.29, 1.82) is 0 Å². The highest BCUT2D eigenvalue weighted by Crippen LogP contribution is 2.91. The molecule has 2 bridgehead atoms. The number of hydrogen-bond acceptors (Lipinski definition) is 0. The lowest BCUT2D eigenvalue weighted by Crippen LogP contribution is -1.92. The average molecular weight is 118 g/mol. The van der Waals surface area contributed by atoms with Crippen LogP contribution in [0.1, 0.15) is 12.8 Å². The quantitative estimate of drug-likeness (QED) is 0.462. The molecule has 0 spiro atoms. The zero-order chi connectivity index (χ0) is 6.06. The van der Waals surface area contributed by atoms with Gasteiger partial charge in [0, 0.05) is 5.41 Å². The molecule has 4 saturated carbocycles. The first-order valence-corrected chi connectivity index (χ1v) is 3.78. The molecule has 4 atom stereocenters. The summed E-state index contributed by atoms with van der Waals surface area (Å²) in [7, 11) is 0. The van der Waals surface area contributed by atoms with Crippen LogP contribution in [0.4, 0.5) is 0 Å². The van der Waals surface area contributed by atoms with E-state index in [1.54, 1.807) is 0 Å². The lowest BCUT2D eigenvalue weighted by atomic mass is 10.1. The Hall–Kier alpha value is -0.480. The zero-order valence-corrected chi connectivity index (χ0v) is 5.43. The molecule has 2 unspecified atom stereocenters. The molecule has 4 fully saturated rings. The average Bonchev–Trinajstić information content (AvgIpc) is 2.56. The van der Waals surface area contributed by atoms with E-state index in [-0.39, 0.29) is 0 Å². The standard InChI is InChI=1S/C9H10/c1-2-5-9-6-3-4-7(9)8(6)9/h5-8H,1,3-4H2/t6-,7+,8?,9?. The molecule has 0 aliphatic heterocycles. The molecule has 0 amide bonds. The van der Waals surface area contributed by atoms with Gasteiger partial charge in [0.25, 0.3) is 0 Å². The summed E-state index contributed by atoms with van der Waals surface area (Å²) in [6.45, 7) is 3.63. The van der Waals surface area contributed by atoms with E-state index in [4.69, 9.17) is 0 Å². The van der Waals surface area contributed by atoms with Gasteiger partial charge in [-0.3, -0.25) is 0 Å². The second kappa shape index (κ2) is 0.932. The summed E-state index contributed by atoms with van der Waals surface area (Å²) in [5.41, 5.74) is 3.63. The van der Waals surface area contributed by atoms with Crippen LogP contribution in [0, 0.1) is 23.2 Å². The Bertz CT molecular complexity index is 199. The van der Waals surface area contributed by atoms with E-state index < -0.39 is 0 Å². The van der Waals surface area contributed by atoms with Gasteiger partial charge in [-0.2, -0.15) is 0 Å². The van der Waals surface area contributed by atoms with E-state index in [0.29, 0.717) is 5.41 Å². The van der Waals surface area contributed by atoms with Gasteiger partial charge >= 0.3 is 0 Å². The first kappa shape index (κ1) is 4.35. The highest BCUT2D eigenvalue weighted by Gasteiger charge is 2.87. The largest absolute Gasteiger partial charge is 0.132 e. The summed E-state index contributed by atoms with van der Waals surface area (Å²) in [6, 6.07) is 0. The van der Waals surface area contributed by atoms with Crippen LogP contribution in [0.2, 0.25) is 0 Å². The van der Waals surface area contributed by atoms with E-state index in [1.807, 2.05) is 0 Å². The van der Waals surface area contributed by atoms with Crippen LogP contribution in [-0.2, 0) is 0 Å². The van der Waals surface area contributed by atoms with Gasteiger partial charge in [-0.05, 0) is 36.7 Å². The zero-order valence-electron chi connectivity index (χ0n) is 5.43. The van der Waals surface area contributed by atoms with Crippen LogP contribution in [0.15, 0.2) is 18.4 Å². The third-order valence-electron chi connectivity index (χ3n) is 3.65. The Balaban J connectivity index is 2.04. The molecule has 9 heavy (non-hydrogen) atoms. The molecule has 0 heteroatoms. The fourth-order valence-electron chi connectivity index (χ4n) is 3.21. The molecule has 4 aliphatic carbocycles. The predicted octanol–water partition coefficient (Wildman–Crippen LogP) is 1.98. The topological polar surface area (TPSA) is 0 Å². The number of hydrogen-bond donors (Lipinski definition) is 0. The van der Waals surface area contributed by atoms with Gasteiger partial charge in [-0.1, -0.05) is 6.58 Å². The number of allylic oxidation sites excluding steroid dienone is 1. The summed E-state index contributed by atoms with van der Waals surface area (Å²) >= 11 is 0. The third kappa shape index (κ3) is 0.246. The van der Waals surface area contributed by atoms with Crippen molar-refractivity contribution in [3.8, 4) is 0 Å². The monoisotopic (exact) mass is 118 g/mol. The van der Waals surface area contributed by atoms with E-state index in [2.05, 4.69) is 18.4 Å². The normalized spacial score (nSPS) is 64.2.